The average molecular weight is 386 g/mol. The Morgan fingerprint density at radius 3 is 2.68 bits per heavy atom. The van der Waals surface area contributed by atoms with Gasteiger partial charge in [0.2, 0.25) is 0 Å². The zero-order valence-electron chi connectivity index (χ0n) is 15.1. The molecule has 28 heavy (non-hydrogen) atoms. The number of fused-ring (bicyclic) bond motifs is 1. The van der Waals surface area contributed by atoms with Gasteiger partial charge in [0, 0.05) is 41.2 Å². The Kier molecular flexibility index (Phi) is 4.79. The molecule has 0 amide bonds. The molecule has 0 aliphatic heterocycles. The number of aromatic nitrogens is 2. The second-order valence-corrected chi connectivity index (χ2v) is 6.70. The molecule has 5 nitrogen and oxygen atoms in total. The van der Waals surface area contributed by atoms with Crippen molar-refractivity contribution in [1.29, 1.82) is 5.26 Å². The van der Waals surface area contributed by atoms with Gasteiger partial charge in [0.25, 0.3) is 0 Å². The molecule has 0 bridgehead atoms. The molecule has 4 aromatic rings. The van der Waals surface area contributed by atoms with Gasteiger partial charge < -0.3 is 10.2 Å². The van der Waals surface area contributed by atoms with Crippen LogP contribution in [0.2, 0.25) is 5.02 Å². The highest BCUT2D eigenvalue weighted by Crippen LogP contribution is 2.33. The quantitative estimate of drug-likeness (QED) is 0.490. The first kappa shape index (κ1) is 17.8. The van der Waals surface area contributed by atoms with E-state index >= 15 is 0 Å². The highest BCUT2D eigenvalue weighted by molar-refractivity contribution is 6.30. The minimum atomic E-state index is 0.466. The molecule has 0 spiro atoms. The summed E-state index contributed by atoms with van der Waals surface area (Å²) < 4.78 is 0. The first-order valence-electron chi connectivity index (χ1n) is 8.65. The summed E-state index contributed by atoms with van der Waals surface area (Å²) in [4.78, 5) is 10.6. The molecule has 4 rings (SSSR count). The zero-order valence-corrected chi connectivity index (χ0v) is 15.9. The SMILES string of the molecule is CN(c1cccnc1)c1ccc2ncc(C#N)c(Nc3cccc(Cl)c3)c2c1. The molecule has 1 N–H and O–H groups in total. The number of anilines is 4. The molecular weight excluding hydrogens is 370 g/mol. The number of halogens is 1. The second-order valence-electron chi connectivity index (χ2n) is 6.27. The van der Waals surface area contributed by atoms with E-state index in [2.05, 4.69) is 21.4 Å². The van der Waals surface area contributed by atoms with Crippen molar-refractivity contribution in [2.45, 2.75) is 0 Å². The minimum absolute atomic E-state index is 0.466. The van der Waals surface area contributed by atoms with Gasteiger partial charge in [0.05, 0.1) is 28.7 Å². The van der Waals surface area contributed by atoms with Crippen molar-refractivity contribution in [2.24, 2.45) is 0 Å². The van der Waals surface area contributed by atoms with Crippen LogP contribution < -0.4 is 10.2 Å². The predicted octanol–water partition coefficient (Wildman–Crippen LogP) is 5.67. The average Bonchev–Trinajstić information content (AvgIpc) is 2.74. The van der Waals surface area contributed by atoms with Gasteiger partial charge in [-0.25, -0.2) is 0 Å². The van der Waals surface area contributed by atoms with Crippen LogP contribution in [0.15, 0.2) is 73.2 Å². The molecular formula is C22H16ClN5. The van der Waals surface area contributed by atoms with Gasteiger partial charge in [-0.15, -0.1) is 0 Å². The van der Waals surface area contributed by atoms with E-state index in [1.54, 1.807) is 18.6 Å². The molecule has 0 atom stereocenters. The van der Waals surface area contributed by atoms with Gasteiger partial charge in [-0.2, -0.15) is 5.26 Å². The van der Waals surface area contributed by atoms with Crippen LogP contribution in [0.3, 0.4) is 0 Å². The van der Waals surface area contributed by atoms with E-state index in [0.29, 0.717) is 16.3 Å². The lowest BCUT2D eigenvalue weighted by atomic mass is 10.1. The Morgan fingerprint density at radius 2 is 1.93 bits per heavy atom. The third kappa shape index (κ3) is 3.46. The standard InChI is InChI=1S/C22H16ClN5/c1-28(19-6-3-9-25-14-19)18-7-8-21-20(11-18)22(15(12-24)13-26-21)27-17-5-2-4-16(23)10-17/h2-11,13-14H,1H3,(H,26,27). The van der Waals surface area contributed by atoms with E-state index in [-0.39, 0.29) is 0 Å². The van der Waals surface area contributed by atoms with E-state index in [9.17, 15) is 5.26 Å². The van der Waals surface area contributed by atoms with Gasteiger partial charge >= 0.3 is 0 Å². The van der Waals surface area contributed by atoms with Crippen molar-refractivity contribution in [3.05, 3.63) is 83.8 Å². The van der Waals surface area contributed by atoms with Crippen molar-refractivity contribution < 1.29 is 0 Å². The predicted molar refractivity (Wildman–Crippen MR) is 113 cm³/mol. The lowest BCUT2D eigenvalue weighted by Gasteiger charge is -2.20. The minimum Gasteiger partial charge on any atom is -0.354 e. The summed E-state index contributed by atoms with van der Waals surface area (Å²) in [7, 11) is 1.98. The molecule has 0 saturated carbocycles. The van der Waals surface area contributed by atoms with E-state index in [1.165, 1.54) is 0 Å². The third-order valence-corrected chi connectivity index (χ3v) is 4.72. The van der Waals surface area contributed by atoms with Crippen LogP contribution in [-0.2, 0) is 0 Å². The molecule has 0 unspecified atom stereocenters. The maximum Gasteiger partial charge on any atom is 0.103 e. The van der Waals surface area contributed by atoms with E-state index in [0.717, 1.165) is 28.0 Å². The summed E-state index contributed by atoms with van der Waals surface area (Å²) in [5, 5.41) is 14.4. The Bertz CT molecular complexity index is 1180. The highest BCUT2D eigenvalue weighted by atomic mass is 35.5. The summed E-state index contributed by atoms with van der Waals surface area (Å²) >= 11 is 6.11. The van der Waals surface area contributed by atoms with Crippen LogP contribution >= 0.6 is 11.6 Å². The number of hydrogen-bond donors (Lipinski definition) is 1. The number of nitrogens with zero attached hydrogens (tertiary/aromatic N) is 4. The Morgan fingerprint density at radius 1 is 1.04 bits per heavy atom. The molecule has 0 saturated heterocycles. The molecule has 2 aromatic carbocycles. The van der Waals surface area contributed by atoms with Gasteiger partial charge in [-0.3, -0.25) is 9.97 Å². The Balaban J connectivity index is 1.84. The van der Waals surface area contributed by atoms with E-state index < -0.39 is 0 Å². The van der Waals surface area contributed by atoms with Crippen molar-refractivity contribution >= 4 is 45.3 Å². The highest BCUT2D eigenvalue weighted by Gasteiger charge is 2.12. The molecule has 0 fully saturated rings. The first-order valence-corrected chi connectivity index (χ1v) is 9.03. The summed E-state index contributed by atoms with van der Waals surface area (Å²) in [6.45, 7) is 0. The summed E-state index contributed by atoms with van der Waals surface area (Å²) in [6.07, 6.45) is 5.13. The van der Waals surface area contributed by atoms with E-state index in [1.807, 2.05) is 66.5 Å². The molecule has 0 aliphatic rings. The molecule has 2 heterocycles. The van der Waals surface area contributed by atoms with Crippen molar-refractivity contribution in [1.82, 2.24) is 9.97 Å². The third-order valence-electron chi connectivity index (χ3n) is 4.49. The Labute approximate surface area is 167 Å². The van der Waals surface area contributed by atoms with E-state index in [4.69, 9.17) is 11.6 Å². The summed E-state index contributed by atoms with van der Waals surface area (Å²) in [6, 6.07) is 19.5. The number of hydrogen-bond acceptors (Lipinski definition) is 5. The lowest BCUT2D eigenvalue weighted by molar-refractivity contribution is 1.18. The number of rotatable bonds is 4. The van der Waals surface area contributed by atoms with Crippen LogP contribution in [0.25, 0.3) is 10.9 Å². The van der Waals surface area contributed by atoms with Crippen LogP contribution in [0.4, 0.5) is 22.7 Å². The van der Waals surface area contributed by atoms with Gasteiger partial charge in [-0.05, 0) is 48.5 Å². The van der Waals surface area contributed by atoms with Gasteiger partial charge in [-0.1, -0.05) is 17.7 Å². The maximum atomic E-state index is 9.59. The van der Waals surface area contributed by atoms with Crippen LogP contribution in [-0.4, -0.2) is 17.0 Å². The lowest BCUT2D eigenvalue weighted by Crippen LogP contribution is -2.09. The van der Waals surface area contributed by atoms with Crippen molar-refractivity contribution in [3.63, 3.8) is 0 Å². The number of benzene rings is 2. The fraction of sp³-hybridized carbons (Fsp3) is 0.0455. The van der Waals surface area contributed by atoms with Crippen molar-refractivity contribution in [3.8, 4) is 6.07 Å². The number of nitriles is 1. The molecule has 0 radical (unpaired) electrons. The largest absolute Gasteiger partial charge is 0.354 e. The molecule has 136 valence electrons. The monoisotopic (exact) mass is 385 g/mol. The molecule has 0 aliphatic carbocycles. The van der Waals surface area contributed by atoms with Gasteiger partial charge in [0.15, 0.2) is 0 Å². The molecule has 2 aromatic heterocycles. The van der Waals surface area contributed by atoms with Gasteiger partial charge in [0.1, 0.15) is 6.07 Å². The number of nitrogens with one attached hydrogen (secondary N) is 1. The topological polar surface area (TPSA) is 64.8 Å². The smallest absolute Gasteiger partial charge is 0.103 e. The summed E-state index contributed by atoms with van der Waals surface area (Å²) in [5.74, 6) is 0. The fourth-order valence-corrected chi connectivity index (χ4v) is 3.21. The summed E-state index contributed by atoms with van der Waals surface area (Å²) in [5.41, 5.74) is 4.71. The zero-order chi connectivity index (χ0) is 19.5. The fourth-order valence-electron chi connectivity index (χ4n) is 3.02. The normalized spacial score (nSPS) is 10.5. The van der Waals surface area contributed by atoms with Crippen molar-refractivity contribution in [2.75, 3.05) is 17.3 Å². The van der Waals surface area contributed by atoms with Crippen LogP contribution in [0.1, 0.15) is 5.56 Å². The van der Waals surface area contributed by atoms with Crippen LogP contribution in [0, 0.1) is 11.3 Å². The second kappa shape index (κ2) is 7.55. The first-order chi connectivity index (χ1) is 13.7. The van der Waals surface area contributed by atoms with Crippen LogP contribution in [0.5, 0.6) is 0 Å². The Hall–Kier alpha value is -3.62. The number of pyridine rings is 2. The molecule has 6 heteroatoms. The maximum absolute atomic E-state index is 9.59.